The molecule has 5 aromatic heterocycles. The van der Waals surface area contributed by atoms with Crippen molar-refractivity contribution in [1.29, 1.82) is 0 Å². The Morgan fingerprint density at radius 3 is 1.90 bits per heavy atom. The van der Waals surface area contributed by atoms with Crippen molar-refractivity contribution in [2.24, 2.45) is 0 Å². The molecule has 6 aliphatic rings. The van der Waals surface area contributed by atoms with Gasteiger partial charge in [0, 0.05) is 85.9 Å². The van der Waals surface area contributed by atoms with Gasteiger partial charge in [-0.15, -0.1) is 0 Å². The molecule has 17 heteroatoms. The van der Waals surface area contributed by atoms with Crippen LogP contribution in [0, 0.1) is 0 Å². The van der Waals surface area contributed by atoms with E-state index in [1.165, 1.54) is 12.3 Å². The average Bonchev–Trinajstić information content (AvgIpc) is 3.78. The van der Waals surface area contributed by atoms with Crippen molar-refractivity contribution >= 4 is 29.5 Å². The first-order valence-electron chi connectivity index (χ1n) is 20.0. The second kappa shape index (κ2) is 13.4. The van der Waals surface area contributed by atoms with Crippen LogP contribution in [-0.4, -0.2) is 92.6 Å². The number of carbonyl (C=O) groups excluding carboxylic acids is 3. The second-order valence-corrected chi connectivity index (χ2v) is 18.0. The van der Waals surface area contributed by atoms with E-state index >= 15 is 0 Å². The number of aromatic nitrogens is 5. The number of aryl methyl sites for hydroxylation is 2. The lowest BCUT2D eigenvalue weighted by molar-refractivity contribution is -0.141. The molecular weight excluding hydrogens is 799 g/mol. The van der Waals surface area contributed by atoms with Gasteiger partial charge in [0.1, 0.15) is 16.4 Å². The third-order valence-corrected chi connectivity index (χ3v) is 12.8. The Labute approximate surface area is 347 Å². The van der Waals surface area contributed by atoms with Crippen LogP contribution in [0.3, 0.4) is 0 Å². The normalized spacial score (nSPS) is 18.8. The molecule has 2 saturated heterocycles. The molecule has 11 rings (SSSR count). The molecule has 0 radical (unpaired) electrons. The first-order valence-corrected chi connectivity index (χ1v) is 20.3. The van der Waals surface area contributed by atoms with Gasteiger partial charge in [0.25, 0.3) is 11.8 Å². The van der Waals surface area contributed by atoms with E-state index in [0.29, 0.717) is 42.6 Å². The van der Waals surface area contributed by atoms with Gasteiger partial charge in [0.15, 0.2) is 0 Å². The van der Waals surface area contributed by atoms with E-state index in [2.05, 4.69) is 40.9 Å². The molecule has 3 amide bonds. The van der Waals surface area contributed by atoms with E-state index in [-0.39, 0.29) is 28.7 Å². The van der Waals surface area contributed by atoms with Crippen LogP contribution in [0.5, 0.6) is 0 Å². The number of halogens is 4. The zero-order valence-electron chi connectivity index (χ0n) is 33.0. The molecule has 5 N–H and O–H groups in total. The summed E-state index contributed by atoms with van der Waals surface area (Å²) in [6.45, 7) is 9.33. The fourth-order valence-electron chi connectivity index (χ4n) is 9.52. The first-order chi connectivity index (χ1) is 28.5. The molecule has 60 heavy (non-hydrogen) atoms. The second-order valence-electron chi connectivity index (χ2n) is 17.6. The summed E-state index contributed by atoms with van der Waals surface area (Å²) in [5.74, 6) is -0.0999. The molecule has 0 bridgehead atoms. The van der Waals surface area contributed by atoms with E-state index in [4.69, 9.17) is 16.3 Å². The zero-order valence-corrected chi connectivity index (χ0v) is 33.8. The Hall–Kier alpha value is -5.74. The molecule has 310 valence electrons. The maximum Gasteiger partial charge on any atom is 0.433 e. The van der Waals surface area contributed by atoms with Crippen LogP contribution in [-0.2, 0) is 47.4 Å². The predicted molar refractivity (Wildman–Crippen MR) is 215 cm³/mol. The van der Waals surface area contributed by atoms with Crippen LogP contribution in [0.25, 0.3) is 33.8 Å². The van der Waals surface area contributed by atoms with Crippen molar-refractivity contribution in [2.45, 2.75) is 69.1 Å². The quantitative estimate of drug-likeness (QED) is 0.130. The largest absolute Gasteiger partial charge is 0.444 e. The first kappa shape index (κ1) is 38.5. The summed E-state index contributed by atoms with van der Waals surface area (Å²) in [6.07, 6.45) is 3.07. The molecule has 9 heterocycles. The lowest BCUT2D eigenvalue weighted by Gasteiger charge is -2.51. The Kier molecular flexibility index (Phi) is 8.58. The summed E-state index contributed by atoms with van der Waals surface area (Å²) >= 11 is 6.14. The summed E-state index contributed by atoms with van der Waals surface area (Å²) in [6, 6.07) is 6.09. The van der Waals surface area contributed by atoms with Gasteiger partial charge in [0.2, 0.25) is 0 Å². The van der Waals surface area contributed by atoms with Crippen molar-refractivity contribution in [3.8, 4) is 33.8 Å². The van der Waals surface area contributed by atoms with Crippen LogP contribution in [0.1, 0.15) is 80.8 Å². The van der Waals surface area contributed by atoms with Gasteiger partial charge in [0.05, 0.1) is 39.0 Å². The van der Waals surface area contributed by atoms with Gasteiger partial charge < -0.3 is 35.6 Å². The summed E-state index contributed by atoms with van der Waals surface area (Å²) < 4.78 is 44.0. The highest BCUT2D eigenvalue weighted by Gasteiger charge is 2.54. The number of H-pyrrole nitrogens is 2. The van der Waals surface area contributed by atoms with Crippen molar-refractivity contribution in [1.82, 2.24) is 45.8 Å². The van der Waals surface area contributed by atoms with Gasteiger partial charge in [-0.25, -0.2) is 9.78 Å². The number of ether oxygens (including phenoxy) is 1. The number of likely N-dealkylation sites (tertiary alicyclic amines) is 1. The highest BCUT2D eigenvalue weighted by molar-refractivity contribution is 6.29. The van der Waals surface area contributed by atoms with Crippen LogP contribution >= 0.6 is 11.6 Å². The Morgan fingerprint density at radius 2 is 1.35 bits per heavy atom. The molecule has 5 aromatic rings. The number of hydrogen-bond donors (Lipinski definition) is 5. The number of pyridine rings is 3. The van der Waals surface area contributed by atoms with Crippen molar-refractivity contribution < 1.29 is 32.3 Å². The van der Waals surface area contributed by atoms with Gasteiger partial charge >= 0.3 is 12.3 Å². The number of alkyl halides is 3. The molecule has 4 aliphatic heterocycles. The molecule has 0 atom stereocenters. The van der Waals surface area contributed by atoms with Gasteiger partial charge in [-0.2, -0.15) is 13.2 Å². The number of aromatic amines is 2. The maximum absolute atomic E-state index is 12.8. The highest BCUT2D eigenvalue weighted by atomic mass is 35.5. The molecule has 2 fully saturated rings. The van der Waals surface area contributed by atoms with E-state index < -0.39 is 17.5 Å². The summed E-state index contributed by atoms with van der Waals surface area (Å²) in [5, 5.41) is 9.81. The fourth-order valence-corrected chi connectivity index (χ4v) is 9.68. The molecule has 13 nitrogen and oxygen atoms in total. The maximum atomic E-state index is 12.8. The topological polar surface area (TPSA) is 170 Å². The highest BCUT2D eigenvalue weighted by Crippen LogP contribution is 2.46. The summed E-state index contributed by atoms with van der Waals surface area (Å²) in [5.41, 5.74) is 10.6. The number of nitrogens with zero attached hydrogens (tertiary/aromatic N) is 4. The van der Waals surface area contributed by atoms with Gasteiger partial charge in [-0.05, 0) is 93.0 Å². The minimum atomic E-state index is -4.48. The number of hydrogen-bond acceptors (Lipinski definition) is 8. The van der Waals surface area contributed by atoms with E-state index in [1.807, 2.05) is 39.1 Å². The fraction of sp³-hybridized carbons (Fsp3) is 0.395. The van der Waals surface area contributed by atoms with Crippen LogP contribution in [0.15, 0.2) is 42.9 Å². The zero-order chi connectivity index (χ0) is 41.9. The molecule has 0 aromatic carbocycles. The van der Waals surface area contributed by atoms with Gasteiger partial charge in [-0.3, -0.25) is 19.6 Å². The van der Waals surface area contributed by atoms with Crippen molar-refractivity contribution in [3.63, 3.8) is 0 Å². The minimum absolute atomic E-state index is 0.0466. The Bertz CT molecular complexity index is 2640. The van der Waals surface area contributed by atoms with Crippen molar-refractivity contribution in [2.75, 3.05) is 39.3 Å². The number of rotatable bonds is 1. The monoisotopic (exact) mass is 839 g/mol. The Balaban J connectivity index is 0.000000145. The molecule has 0 saturated carbocycles. The lowest BCUT2D eigenvalue weighted by Crippen LogP contribution is -2.67. The number of carbonyl (C=O) groups is 3. The third-order valence-electron chi connectivity index (χ3n) is 12.6. The van der Waals surface area contributed by atoms with E-state index in [0.717, 1.165) is 112 Å². The summed E-state index contributed by atoms with van der Waals surface area (Å²) in [7, 11) is 0. The predicted octanol–water partition coefficient (Wildman–Crippen LogP) is 5.90. The smallest absolute Gasteiger partial charge is 0.433 e. The number of nitrogens with one attached hydrogen (secondary N) is 5. The summed E-state index contributed by atoms with van der Waals surface area (Å²) in [4.78, 5) is 58.9. The number of amides is 3. The van der Waals surface area contributed by atoms with Crippen molar-refractivity contribution in [3.05, 3.63) is 98.5 Å². The van der Waals surface area contributed by atoms with E-state index in [1.54, 1.807) is 11.1 Å². The average molecular weight is 840 g/mol. The van der Waals surface area contributed by atoms with Crippen LogP contribution < -0.4 is 16.0 Å². The van der Waals surface area contributed by atoms with Gasteiger partial charge in [-0.1, -0.05) is 11.6 Å². The standard InChI is InChI=1S/C22H18F3N5O.C21H23ClN4O3/c23-22(24,25)16-4-2-12(7-28-16)15-5-14-11(6-27-15)1-3-13-17-19(30-18(13)14)21(8-26-9-21)10-29-20(17)31;1-20(2,3)29-19(28)26-9-21(10-26)8-24-18(27)15-12-5-4-11-7-23-14(22)6-13(11)16(12)25-17(15)21/h2,4-7,26,30H,1,3,8-10H2,(H,29,31);6-7,25H,4-5,8-10H2,1-3H3,(H,24,27). The molecule has 2 aliphatic carbocycles. The Morgan fingerprint density at radius 1 is 0.767 bits per heavy atom. The van der Waals surface area contributed by atoms with E-state index in [9.17, 15) is 27.6 Å². The molecule has 0 unspecified atom stereocenters. The lowest BCUT2D eigenvalue weighted by atomic mass is 9.72. The van der Waals surface area contributed by atoms with Crippen LogP contribution in [0.4, 0.5) is 18.0 Å². The SMILES string of the molecule is CC(C)(C)OC(=O)N1CC2(CNC(=O)c3c2[nH]c2c3CCc3cnc(Cl)cc3-2)C1.O=C1NCC2(CNC2)c2[nH]c3c(c21)CCc1cnc(-c2ccc(C(F)(F)F)nc2)cc1-3. The molecule has 2 spiro atoms. The number of fused-ring (bicyclic) bond motifs is 12. The molecular formula is C43H41ClF3N9O4. The van der Waals surface area contributed by atoms with Crippen LogP contribution in [0.2, 0.25) is 5.15 Å². The third kappa shape index (κ3) is 6.16. The minimum Gasteiger partial charge on any atom is -0.444 e.